The van der Waals surface area contributed by atoms with Crippen LogP contribution in [0.3, 0.4) is 0 Å². The van der Waals surface area contributed by atoms with Crippen LogP contribution in [-0.4, -0.2) is 18.9 Å². The van der Waals surface area contributed by atoms with Gasteiger partial charge in [0.2, 0.25) is 7.37 Å². The molecule has 0 aromatic rings. The quantitative estimate of drug-likeness (QED) is 0.681. The second-order valence-corrected chi connectivity index (χ2v) is 5.36. The summed E-state index contributed by atoms with van der Waals surface area (Å²) in [5.41, 5.74) is 0. The first kappa shape index (κ1) is 21.3. The van der Waals surface area contributed by atoms with Crippen LogP contribution >= 0.6 is 7.37 Å². The van der Waals surface area contributed by atoms with E-state index in [0.29, 0.717) is 12.8 Å². The van der Waals surface area contributed by atoms with Crippen LogP contribution in [-0.2, 0) is 9.09 Å². The fourth-order valence-corrected chi connectivity index (χ4v) is 2.79. The molecule has 0 aliphatic carbocycles. The van der Waals surface area contributed by atoms with Gasteiger partial charge in [0.05, 0.1) is 6.61 Å². The van der Waals surface area contributed by atoms with Crippen molar-refractivity contribution in [1.29, 1.82) is 0 Å². The van der Waals surface area contributed by atoms with Crippen LogP contribution in [0.4, 0.5) is 0 Å². The van der Waals surface area contributed by atoms with Crippen molar-refractivity contribution in [1.82, 2.24) is 0 Å². The average Bonchev–Trinajstić information content (AvgIpc) is 1.90. The Balaban J connectivity index is -0.000000270. The molecule has 0 aromatic heterocycles. The molecule has 2 nitrogen and oxygen atoms in total. The smallest absolute Gasteiger partial charge is 0.202 e. The van der Waals surface area contributed by atoms with Crippen LogP contribution in [0.1, 0.15) is 19.8 Å². The largest absolute Gasteiger partial charge is 0.328 e. The average molecular weight is 268 g/mol. The van der Waals surface area contributed by atoms with Crippen LogP contribution in [0.2, 0.25) is 0 Å². The Morgan fingerprint density at radius 2 is 1.83 bits per heavy atom. The van der Waals surface area contributed by atoms with Gasteiger partial charge >= 0.3 is 0 Å². The van der Waals surface area contributed by atoms with Crippen molar-refractivity contribution in [3.63, 3.8) is 0 Å². The van der Waals surface area contributed by atoms with Gasteiger partial charge < -0.3 is 4.52 Å². The van der Waals surface area contributed by atoms with Gasteiger partial charge in [-0.1, -0.05) is 6.92 Å². The summed E-state index contributed by atoms with van der Waals surface area (Å²) in [6.45, 7) is 2.65. The van der Waals surface area contributed by atoms with Crippen LogP contribution in [0, 0.1) is 113 Å². The second-order valence-electron chi connectivity index (χ2n) is 2.39. The Hall–Kier alpha value is 3.97. The van der Waals surface area contributed by atoms with Crippen molar-refractivity contribution in [2.45, 2.75) is 19.8 Å². The van der Waals surface area contributed by atoms with E-state index in [0.717, 1.165) is 19.0 Å². The minimum absolute atomic E-state index is 0. The Kier molecular flexibility index (Phi) is 20.3. The minimum Gasteiger partial charge on any atom is -0.328 e. The molecule has 1 aliphatic rings. The predicted molar refractivity (Wildman–Crippen MR) is 38.2 cm³/mol. The Morgan fingerprint density at radius 1 is 1.25 bits per heavy atom. The van der Waals surface area contributed by atoms with E-state index < -0.39 is 7.37 Å². The summed E-state index contributed by atoms with van der Waals surface area (Å²) >= 11 is 0. The molecule has 0 spiro atoms. The van der Waals surface area contributed by atoms with E-state index in [2.05, 4.69) is 0 Å². The van der Waals surface area contributed by atoms with Crippen LogP contribution in [0.15, 0.2) is 0 Å². The van der Waals surface area contributed by atoms with Crippen molar-refractivity contribution in [2.75, 3.05) is 18.9 Å². The molecule has 1 heterocycles. The van der Waals surface area contributed by atoms with E-state index in [9.17, 15) is 4.57 Å². The van der Waals surface area contributed by atoms with Crippen LogP contribution in [0.25, 0.3) is 0 Å². The van der Waals surface area contributed by atoms with Gasteiger partial charge in [-0.25, -0.2) is 0 Å². The summed E-state index contributed by atoms with van der Waals surface area (Å²) in [6.07, 6.45) is 3.70. The van der Waals surface area contributed by atoms with Gasteiger partial charge in [-0.3, -0.25) is 4.57 Å². The summed E-state index contributed by atoms with van der Waals surface area (Å²) in [5.74, 6) is 0. The summed E-state index contributed by atoms with van der Waals surface area (Å²) in [5, 5.41) is 0. The van der Waals surface area contributed by atoms with Gasteiger partial charge in [0.1, 0.15) is 0 Å². The molecule has 6 heteroatoms. The molecule has 1 atom stereocenters. The third kappa shape index (κ3) is 8.16. The Labute approximate surface area is 164 Å². The first-order valence-corrected chi connectivity index (χ1v) is 5.49. The zero-order chi connectivity index (χ0) is 6.74. The molecule has 0 saturated carbocycles. The molecular formula is C6H13Ar3O2P. The maximum absolute atomic E-state index is 11.4. The molecule has 0 radical (unpaired) electrons. The Bertz CT molecular complexity index is 133. The topological polar surface area (TPSA) is 26.3 Å². The van der Waals surface area contributed by atoms with E-state index in [-0.39, 0.29) is 113 Å². The molecule has 1 aliphatic heterocycles. The second kappa shape index (κ2) is 11.5. The van der Waals surface area contributed by atoms with Crippen LogP contribution < -0.4 is 0 Å². The van der Waals surface area contributed by atoms with E-state index in [1.54, 1.807) is 0 Å². The zero-order valence-corrected chi connectivity index (χ0v) is 9.88. The standard InChI is InChI=1S/C6H13O2P.3Ar/c1-2-9(7)6-4-3-5-8-9;;;/h2-6H2,1H3;;;. The third-order valence-corrected chi connectivity index (χ3v) is 4.32. The Morgan fingerprint density at radius 3 is 2.08 bits per heavy atom. The summed E-state index contributed by atoms with van der Waals surface area (Å²) in [6, 6.07) is 0. The van der Waals surface area contributed by atoms with Crippen molar-refractivity contribution in [2.24, 2.45) is 0 Å². The summed E-state index contributed by atoms with van der Waals surface area (Å²) in [7, 11) is -2.09. The molecule has 0 aromatic carbocycles. The van der Waals surface area contributed by atoms with Crippen molar-refractivity contribution in [3.05, 3.63) is 0 Å². The van der Waals surface area contributed by atoms with E-state index in [4.69, 9.17) is 4.52 Å². The fraction of sp³-hybridized carbons (Fsp3) is 1.00. The summed E-state index contributed by atoms with van der Waals surface area (Å²) in [4.78, 5) is 0. The molecule has 0 N–H and O–H groups in total. The van der Waals surface area contributed by atoms with Crippen LogP contribution in [0.5, 0.6) is 0 Å². The third-order valence-electron chi connectivity index (χ3n) is 1.70. The molecule has 0 bridgehead atoms. The van der Waals surface area contributed by atoms with Gasteiger partial charge in [-0.05, 0) is 12.8 Å². The van der Waals surface area contributed by atoms with E-state index >= 15 is 0 Å². The number of hydrogen-bond donors (Lipinski definition) is 0. The van der Waals surface area contributed by atoms with E-state index in [1.807, 2.05) is 6.92 Å². The maximum Gasteiger partial charge on any atom is 0.202 e. The van der Waals surface area contributed by atoms with Gasteiger partial charge in [-0.15, -0.1) is 0 Å². The minimum atomic E-state index is -2.09. The van der Waals surface area contributed by atoms with Crippen molar-refractivity contribution >= 4 is 7.37 Å². The van der Waals surface area contributed by atoms with Crippen molar-refractivity contribution in [3.8, 4) is 0 Å². The monoisotopic (exact) mass is 268 g/mol. The first-order chi connectivity index (χ1) is 4.27. The molecule has 12 heavy (non-hydrogen) atoms. The van der Waals surface area contributed by atoms with Crippen molar-refractivity contribution < 1.29 is 122 Å². The zero-order valence-electron chi connectivity index (χ0n) is 6.86. The SMILES string of the molecule is CCP1(=O)CCCCO1.[Ar].[Ar].[Ar]. The molecule has 78 valence electrons. The fourth-order valence-electron chi connectivity index (χ4n) is 1.000. The first-order valence-electron chi connectivity index (χ1n) is 3.49. The van der Waals surface area contributed by atoms with Gasteiger partial charge in [-0.2, -0.15) is 0 Å². The molecule has 0 amide bonds. The molecule has 1 saturated heterocycles. The van der Waals surface area contributed by atoms with Gasteiger partial charge in [0, 0.05) is 126 Å². The normalized spacial score (nSPS) is 27.4. The maximum atomic E-state index is 11.4. The molecule has 1 unspecified atom stereocenters. The number of rotatable bonds is 1. The summed E-state index contributed by atoms with van der Waals surface area (Å²) < 4.78 is 16.5. The van der Waals surface area contributed by atoms with E-state index in [1.165, 1.54) is 0 Å². The molecular weight excluding hydrogens is 255 g/mol. The van der Waals surface area contributed by atoms with Gasteiger partial charge in [0.25, 0.3) is 0 Å². The predicted octanol–water partition coefficient (Wildman–Crippen LogP) is 2.09. The van der Waals surface area contributed by atoms with Gasteiger partial charge in [0.15, 0.2) is 0 Å². The molecule has 1 rings (SSSR count). The number of hydrogen-bond acceptors (Lipinski definition) is 2. The molecule has 1 fully saturated rings.